The molecule has 1 saturated heterocycles. The number of carboxylic acids is 1. The first kappa shape index (κ1) is 18.7. The van der Waals surface area contributed by atoms with Crippen molar-refractivity contribution in [1.82, 2.24) is 4.57 Å². The largest absolute Gasteiger partial charge is 0.477 e. The van der Waals surface area contributed by atoms with Crippen molar-refractivity contribution in [1.29, 1.82) is 0 Å². The number of nitrogens with zero attached hydrogens (tertiary/aromatic N) is 2. The van der Waals surface area contributed by atoms with Gasteiger partial charge in [-0.1, -0.05) is 13.3 Å². The highest BCUT2D eigenvalue weighted by atomic mass is 19.1. The summed E-state index contributed by atoms with van der Waals surface area (Å²) in [4.78, 5) is 25.6. The Morgan fingerprint density at radius 1 is 1.29 bits per heavy atom. The van der Waals surface area contributed by atoms with Crippen molar-refractivity contribution < 1.29 is 18.7 Å². The van der Waals surface area contributed by atoms with E-state index in [-0.39, 0.29) is 35.8 Å². The second-order valence-electron chi connectivity index (χ2n) is 7.67. The molecule has 0 radical (unpaired) electrons. The average molecular weight is 392 g/mol. The van der Waals surface area contributed by atoms with E-state index in [0.29, 0.717) is 6.54 Å². The molecule has 1 aromatic heterocycles. The third kappa shape index (κ3) is 2.64. The van der Waals surface area contributed by atoms with Crippen molar-refractivity contribution in [2.75, 3.05) is 23.7 Å². The van der Waals surface area contributed by atoms with E-state index >= 15 is 8.78 Å². The molecule has 150 valence electrons. The van der Waals surface area contributed by atoms with Gasteiger partial charge in [0.1, 0.15) is 11.3 Å². The van der Waals surface area contributed by atoms with Crippen molar-refractivity contribution >= 4 is 28.2 Å². The average Bonchev–Trinajstić information content (AvgIpc) is 3.42. The van der Waals surface area contributed by atoms with Gasteiger partial charge in [-0.05, 0) is 18.8 Å². The second kappa shape index (κ2) is 6.44. The number of nitrogen functional groups attached to an aromatic ring is 1. The lowest BCUT2D eigenvalue weighted by Gasteiger charge is -2.23. The van der Waals surface area contributed by atoms with Crippen LogP contribution in [0.5, 0.6) is 0 Å². The highest BCUT2D eigenvalue weighted by Crippen LogP contribution is 2.42. The first-order chi connectivity index (χ1) is 13.3. The smallest absolute Gasteiger partial charge is 0.341 e. The number of benzene rings is 1. The van der Waals surface area contributed by atoms with Gasteiger partial charge in [-0.15, -0.1) is 0 Å². The maximum atomic E-state index is 15.6. The van der Waals surface area contributed by atoms with E-state index in [1.165, 1.54) is 9.47 Å². The summed E-state index contributed by atoms with van der Waals surface area (Å²) in [6.45, 7) is 2.63. The second-order valence-corrected chi connectivity index (χ2v) is 7.67. The van der Waals surface area contributed by atoms with E-state index < -0.39 is 39.7 Å². The molecule has 4 rings (SSSR count). The minimum atomic E-state index is -1.46. The first-order valence-corrected chi connectivity index (χ1v) is 9.35. The summed E-state index contributed by atoms with van der Waals surface area (Å²) in [5.74, 6) is -3.31. The van der Waals surface area contributed by atoms with Crippen LogP contribution < -0.4 is 21.8 Å². The number of carboxylic acid groups (broad SMARTS) is 1. The van der Waals surface area contributed by atoms with Crippen molar-refractivity contribution in [3.05, 3.63) is 33.6 Å². The van der Waals surface area contributed by atoms with Gasteiger partial charge in [0.05, 0.1) is 16.6 Å². The van der Waals surface area contributed by atoms with Crippen LogP contribution in [0, 0.1) is 17.6 Å². The van der Waals surface area contributed by atoms with E-state index in [4.69, 9.17) is 11.5 Å². The number of anilines is 2. The predicted octanol–water partition coefficient (Wildman–Crippen LogP) is 2.07. The molecule has 0 spiro atoms. The van der Waals surface area contributed by atoms with Gasteiger partial charge in [-0.2, -0.15) is 0 Å². The van der Waals surface area contributed by atoms with Crippen molar-refractivity contribution in [2.45, 2.75) is 38.3 Å². The summed E-state index contributed by atoms with van der Waals surface area (Å²) >= 11 is 0. The van der Waals surface area contributed by atoms with Crippen molar-refractivity contribution in [3.63, 3.8) is 0 Å². The van der Waals surface area contributed by atoms with Crippen molar-refractivity contribution in [2.24, 2.45) is 11.7 Å². The van der Waals surface area contributed by atoms with Crippen LogP contribution in [0.2, 0.25) is 0 Å². The molecule has 1 saturated carbocycles. The molecule has 2 aromatic rings. The number of hydrogen-bond donors (Lipinski definition) is 3. The summed E-state index contributed by atoms with van der Waals surface area (Å²) in [7, 11) is 0. The van der Waals surface area contributed by atoms with Crippen LogP contribution in [0.25, 0.3) is 10.9 Å². The number of halogens is 2. The molecule has 0 bridgehead atoms. The van der Waals surface area contributed by atoms with Gasteiger partial charge >= 0.3 is 5.97 Å². The monoisotopic (exact) mass is 392 g/mol. The van der Waals surface area contributed by atoms with E-state index in [2.05, 4.69) is 0 Å². The summed E-state index contributed by atoms with van der Waals surface area (Å²) in [5.41, 5.74) is 9.51. The Hall–Kier alpha value is -2.68. The lowest BCUT2D eigenvalue weighted by atomic mass is 10.0. The Morgan fingerprint density at radius 2 is 1.96 bits per heavy atom. The Labute approximate surface area is 159 Å². The van der Waals surface area contributed by atoms with Gasteiger partial charge in [0.2, 0.25) is 5.43 Å². The normalized spacial score (nSPS) is 22.2. The molecule has 7 nitrogen and oxygen atoms in total. The summed E-state index contributed by atoms with van der Waals surface area (Å²) < 4.78 is 32.1. The topological polar surface area (TPSA) is 115 Å². The Kier molecular flexibility index (Phi) is 4.29. The van der Waals surface area contributed by atoms with Gasteiger partial charge < -0.3 is 26.0 Å². The number of fused-ring (bicyclic) bond motifs is 1. The van der Waals surface area contributed by atoms with Crippen molar-refractivity contribution in [3.8, 4) is 0 Å². The molecule has 0 amide bonds. The Balaban J connectivity index is 2.03. The van der Waals surface area contributed by atoms with E-state index in [0.717, 1.165) is 25.5 Å². The highest BCUT2D eigenvalue weighted by molar-refractivity contribution is 5.99. The van der Waals surface area contributed by atoms with Crippen LogP contribution in [-0.4, -0.2) is 34.8 Å². The molecule has 28 heavy (non-hydrogen) atoms. The molecule has 1 aliphatic heterocycles. The fraction of sp³-hybridized carbons (Fsp3) is 0.474. The van der Waals surface area contributed by atoms with E-state index in [9.17, 15) is 14.7 Å². The van der Waals surface area contributed by atoms with Crippen LogP contribution in [0.15, 0.2) is 11.0 Å². The zero-order valence-corrected chi connectivity index (χ0v) is 15.4. The number of carbonyl (C=O) groups is 1. The van der Waals surface area contributed by atoms with Crippen LogP contribution in [-0.2, 0) is 0 Å². The number of nitrogens with two attached hydrogens (primary N) is 2. The van der Waals surface area contributed by atoms with E-state index in [1.807, 2.05) is 6.92 Å². The number of aromatic carboxylic acids is 1. The van der Waals surface area contributed by atoms with Crippen LogP contribution in [0.4, 0.5) is 20.2 Å². The molecule has 1 aromatic carbocycles. The fourth-order valence-electron chi connectivity index (χ4n) is 4.13. The van der Waals surface area contributed by atoms with Gasteiger partial charge in [0.25, 0.3) is 0 Å². The quantitative estimate of drug-likeness (QED) is 0.687. The molecule has 1 aliphatic carbocycles. The first-order valence-electron chi connectivity index (χ1n) is 9.35. The Bertz CT molecular complexity index is 1050. The third-order valence-corrected chi connectivity index (χ3v) is 5.87. The molecule has 2 fully saturated rings. The lowest BCUT2D eigenvalue weighted by Crippen LogP contribution is -2.30. The Morgan fingerprint density at radius 3 is 2.50 bits per heavy atom. The minimum absolute atomic E-state index is 0.0933. The van der Waals surface area contributed by atoms with Crippen LogP contribution in [0.3, 0.4) is 0 Å². The molecule has 5 N–H and O–H groups in total. The molecule has 9 heteroatoms. The number of pyridine rings is 1. The molecule has 2 heterocycles. The zero-order valence-electron chi connectivity index (χ0n) is 15.4. The van der Waals surface area contributed by atoms with Gasteiger partial charge in [-0.3, -0.25) is 4.79 Å². The molecule has 0 unspecified atom stereocenters. The maximum Gasteiger partial charge on any atom is 0.341 e. The fourth-order valence-corrected chi connectivity index (χ4v) is 4.13. The number of aromatic nitrogens is 1. The molecule has 2 aliphatic rings. The SMILES string of the molecule is CC[C@@H]1CN(c2c(F)c(N)c3c(=O)c(C(=O)O)cn(C4CC4)c3c2F)C[C@H]1N. The van der Waals surface area contributed by atoms with Gasteiger partial charge in [0, 0.05) is 31.4 Å². The molecular weight excluding hydrogens is 370 g/mol. The van der Waals surface area contributed by atoms with Gasteiger partial charge in [0.15, 0.2) is 11.6 Å². The third-order valence-electron chi connectivity index (χ3n) is 5.87. The van der Waals surface area contributed by atoms with Gasteiger partial charge in [-0.25, -0.2) is 13.6 Å². The maximum absolute atomic E-state index is 15.6. The summed E-state index contributed by atoms with van der Waals surface area (Å²) in [5, 5.41) is 8.91. The highest BCUT2D eigenvalue weighted by Gasteiger charge is 2.36. The van der Waals surface area contributed by atoms with Crippen LogP contribution >= 0.6 is 0 Å². The van der Waals surface area contributed by atoms with Crippen LogP contribution in [0.1, 0.15) is 42.6 Å². The van der Waals surface area contributed by atoms with E-state index in [1.54, 1.807) is 0 Å². The minimum Gasteiger partial charge on any atom is -0.477 e. The molecule has 2 atom stereocenters. The summed E-state index contributed by atoms with van der Waals surface area (Å²) in [6.07, 6.45) is 3.35. The number of hydrogen-bond acceptors (Lipinski definition) is 5. The molecular formula is C19H22F2N4O3. The predicted molar refractivity (Wildman–Crippen MR) is 102 cm³/mol. The lowest BCUT2D eigenvalue weighted by molar-refractivity contribution is 0.0695. The zero-order chi connectivity index (χ0) is 20.3. The standard InChI is InChI=1S/C19H22F2N4O3/c1-2-8-5-24(7-11(8)22)17-13(20)15(23)12-16(14(17)21)25(9-3-4-9)6-10(18(12)26)19(27)28/h6,8-9,11H,2-5,7,22-23H2,1H3,(H,27,28)/t8-,11-/m1/s1. The summed E-state index contributed by atoms with van der Waals surface area (Å²) in [6, 6.07) is -0.363. The number of rotatable bonds is 4.